The lowest BCUT2D eigenvalue weighted by molar-refractivity contribution is -0.137. The van der Waals surface area contributed by atoms with E-state index in [-0.39, 0.29) is 11.8 Å². The second kappa shape index (κ2) is 9.82. The smallest absolute Gasteiger partial charge is 0.368 e. The average Bonchev–Trinajstić information content (AvgIpc) is 2.83. The molecule has 1 atom stereocenters. The zero-order valence-electron chi connectivity index (χ0n) is 19.9. The molecule has 0 spiro atoms. The number of alkyl halides is 3. The Morgan fingerprint density at radius 1 is 1.09 bits per heavy atom. The number of nitrogens with zero attached hydrogens (tertiary/aromatic N) is 3. The van der Waals surface area contributed by atoms with Crippen molar-refractivity contribution in [2.24, 2.45) is 0 Å². The van der Waals surface area contributed by atoms with E-state index in [9.17, 15) is 13.2 Å². The number of halogens is 3. The molecule has 1 aromatic heterocycles. The lowest BCUT2D eigenvalue weighted by atomic mass is 9.89. The number of anilines is 3. The first-order valence-electron chi connectivity index (χ1n) is 11.6. The predicted octanol–water partition coefficient (Wildman–Crippen LogP) is 6.75. The first-order valence-corrected chi connectivity index (χ1v) is 11.6. The fourth-order valence-corrected chi connectivity index (χ4v) is 4.38. The van der Waals surface area contributed by atoms with Gasteiger partial charge in [-0.1, -0.05) is 56.3 Å². The van der Waals surface area contributed by atoms with E-state index in [1.165, 1.54) is 5.56 Å². The number of aryl methyl sites for hydroxylation is 1. The van der Waals surface area contributed by atoms with Crippen molar-refractivity contribution in [2.45, 2.75) is 45.8 Å². The summed E-state index contributed by atoms with van der Waals surface area (Å²) in [5, 5.41) is 2.96. The highest BCUT2D eigenvalue weighted by Crippen LogP contribution is 2.41. The second-order valence-electron chi connectivity index (χ2n) is 8.33. The minimum Gasteiger partial charge on any atom is -0.368 e. The van der Waals surface area contributed by atoms with Crippen molar-refractivity contribution in [3.63, 3.8) is 0 Å². The first kappa shape index (κ1) is 24.3. The predicted molar refractivity (Wildman–Crippen MR) is 136 cm³/mol. The number of rotatable bonds is 6. The van der Waals surface area contributed by atoms with Crippen LogP contribution in [0.2, 0.25) is 0 Å². The number of allylic oxidation sites excluding steroid dienone is 1. The molecule has 0 unspecified atom stereocenters. The van der Waals surface area contributed by atoms with Crippen LogP contribution < -0.4 is 16.0 Å². The molecule has 0 saturated carbocycles. The molecule has 0 aliphatic carbocycles. The minimum absolute atomic E-state index is 0.227. The molecule has 2 heterocycles. The molecule has 1 aliphatic rings. The van der Waals surface area contributed by atoms with Crippen LogP contribution in [0.25, 0.3) is 11.8 Å². The molecule has 1 aliphatic heterocycles. The first-order chi connectivity index (χ1) is 16.7. The van der Waals surface area contributed by atoms with Gasteiger partial charge >= 0.3 is 6.18 Å². The zero-order valence-corrected chi connectivity index (χ0v) is 19.9. The monoisotopic (exact) mass is 479 g/mol. The summed E-state index contributed by atoms with van der Waals surface area (Å²) in [5.74, 6) is -0.574. The van der Waals surface area contributed by atoms with Crippen molar-refractivity contribution >= 4 is 29.2 Å². The van der Waals surface area contributed by atoms with Gasteiger partial charge in [0.25, 0.3) is 0 Å². The lowest BCUT2D eigenvalue weighted by Crippen LogP contribution is -2.35. The maximum absolute atomic E-state index is 13.7. The van der Waals surface area contributed by atoms with Gasteiger partial charge in [0.2, 0.25) is 5.95 Å². The van der Waals surface area contributed by atoms with Crippen LogP contribution in [0.15, 0.2) is 66.5 Å². The van der Waals surface area contributed by atoms with Gasteiger partial charge in [-0.3, -0.25) is 0 Å². The fraction of sp³-hybridized carbons (Fsp3) is 0.259. The molecule has 0 saturated heterocycles. The summed E-state index contributed by atoms with van der Waals surface area (Å²) in [6, 6.07) is 15.4. The Balaban J connectivity index is 1.88. The third-order valence-corrected chi connectivity index (χ3v) is 5.94. The largest absolute Gasteiger partial charge is 0.421 e. The van der Waals surface area contributed by atoms with E-state index in [1.54, 1.807) is 0 Å². The van der Waals surface area contributed by atoms with Gasteiger partial charge in [-0.25, -0.2) is 4.98 Å². The maximum atomic E-state index is 13.7. The summed E-state index contributed by atoms with van der Waals surface area (Å²) >= 11 is 0. The van der Waals surface area contributed by atoms with Crippen molar-refractivity contribution in [2.75, 3.05) is 16.0 Å². The third-order valence-electron chi connectivity index (χ3n) is 5.94. The van der Waals surface area contributed by atoms with Crippen LogP contribution in [0, 0.1) is 0 Å². The summed E-state index contributed by atoms with van der Waals surface area (Å²) in [7, 11) is 0. The van der Waals surface area contributed by atoms with E-state index >= 15 is 0 Å². The number of aromatic nitrogens is 2. The number of nitrogens with one attached hydrogen (secondary N) is 1. The lowest BCUT2D eigenvalue weighted by Gasteiger charge is -2.38. The van der Waals surface area contributed by atoms with Crippen LogP contribution in [-0.2, 0) is 12.6 Å². The van der Waals surface area contributed by atoms with Gasteiger partial charge in [0.05, 0.1) is 11.7 Å². The molecular weight excluding hydrogens is 451 g/mol. The Bertz CT molecular complexity index is 1270. The second-order valence-corrected chi connectivity index (χ2v) is 8.33. The topological polar surface area (TPSA) is 67.1 Å². The van der Waals surface area contributed by atoms with E-state index in [0.717, 1.165) is 41.1 Å². The van der Waals surface area contributed by atoms with Crippen LogP contribution in [0.3, 0.4) is 0 Å². The molecule has 0 bridgehead atoms. The number of nitrogens with two attached hydrogens (primary N) is 1. The number of para-hydroxylation sites is 1. The highest BCUT2D eigenvalue weighted by Gasteiger charge is 2.36. The van der Waals surface area contributed by atoms with Gasteiger partial charge in [-0.15, -0.1) is 0 Å². The summed E-state index contributed by atoms with van der Waals surface area (Å²) in [6.07, 6.45) is 1.95. The van der Waals surface area contributed by atoms with Crippen LogP contribution in [-0.4, -0.2) is 16.0 Å². The summed E-state index contributed by atoms with van der Waals surface area (Å²) in [5.41, 5.74) is 10.8. The standard InChI is InChI=1S/C27H28F3N5/c1-4-10-22-24-18(5-2)11-9-12-19(24)15-23(35(22)20-13-7-6-8-14-20)17(3)33-25-21(27(28,29)30)16-32-26(31)34-25/h6-17H,4-5H2,1-3H3,(H3,31,32,33,34)/t17-/m0/s1. The molecule has 2 aromatic carbocycles. The molecule has 0 fully saturated rings. The number of fused-ring (bicyclic) bond motifs is 1. The highest BCUT2D eigenvalue weighted by molar-refractivity contribution is 5.93. The number of hydrogen-bond donors (Lipinski definition) is 2. The van der Waals surface area contributed by atoms with Crippen molar-refractivity contribution in [3.05, 3.63) is 88.8 Å². The van der Waals surface area contributed by atoms with Crippen LogP contribution >= 0.6 is 0 Å². The third kappa shape index (κ3) is 4.87. The number of hydrogen-bond acceptors (Lipinski definition) is 5. The molecular formula is C27H28F3N5. The van der Waals surface area contributed by atoms with Gasteiger partial charge in [-0.05, 0) is 49.1 Å². The Labute approximate surface area is 203 Å². The number of nitrogen functional groups attached to an aromatic ring is 1. The Morgan fingerprint density at radius 2 is 1.83 bits per heavy atom. The number of benzene rings is 2. The Hall–Kier alpha value is -3.81. The SMILES string of the molecule is CCC=C1c2c(cccc2CC)C=C([C@H](C)Nc2nc(N)ncc2C(F)(F)F)N1c1ccccc1. The Kier molecular flexibility index (Phi) is 6.82. The quantitative estimate of drug-likeness (QED) is 0.409. The van der Waals surface area contributed by atoms with E-state index in [2.05, 4.69) is 46.2 Å². The van der Waals surface area contributed by atoms with Gasteiger partial charge in [0.15, 0.2) is 0 Å². The van der Waals surface area contributed by atoms with E-state index in [4.69, 9.17) is 5.73 Å². The summed E-state index contributed by atoms with van der Waals surface area (Å²) in [4.78, 5) is 9.53. The highest BCUT2D eigenvalue weighted by atomic mass is 19.4. The van der Waals surface area contributed by atoms with Crippen LogP contribution in [0.5, 0.6) is 0 Å². The van der Waals surface area contributed by atoms with Gasteiger partial charge < -0.3 is 16.0 Å². The Morgan fingerprint density at radius 3 is 2.49 bits per heavy atom. The molecule has 35 heavy (non-hydrogen) atoms. The normalized spacial score (nSPS) is 15.5. The van der Waals surface area contributed by atoms with Gasteiger partial charge in [-0.2, -0.15) is 18.2 Å². The fourth-order valence-electron chi connectivity index (χ4n) is 4.38. The molecule has 0 amide bonds. The van der Waals surface area contributed by atoms with Crippen molar-refractivity contribution < 1.29 is 13.2 Å². The van der Waals surface area contributed by atoms with Gasteiger partial charge in [0, 0.05) is 23.1 Å². The molecule has 0 radical (unpaired) electrons. The minimum atomic E-state index is -4.62. The summed E-state index contributed by atoms with van der Waals surface area (Å²) in [6.45, 7) is 6.01. The van der Waals surface area contributed by atoms with Crippen LogP contribution in [0.4, 0.5) is 30.6 Å². The molecule has 182 valence electrons. The zero-order chi connectivity index (χ0) is 25.2. The van der Waals surface area contributed by atoms with Crippen LogP contribution in [0.1, 0.15) is 49.4 Å². The molecule has 3 aromatic rings. The van der Waals surface area contributed by atoms with Crippen molar-refractivity contribution in [1.29, 1.82) is 0 Å². The molecule has 3 N–H and O–H groups in total. The maximum Gasteiger partial charge on any atom is 0.421 e. The average molecular weight is 480 g/mol. The van der Waals surface area contributed by atoms with E-state index in [1.807, 2.05) is 55.5 Å². The van der Waals surface area contributed by atoms with E-state index in [0.29, 0.717) is 6.20 Å². The molecule has 5 nitrogen and oxygen atoms in total. The van der Waals surface area contributed by atoms with Crippen molar-refractivity contribution in [1.82, 2.24) is 9.97 Å². The summed E-state index contributed by atoms with van der Waals surface area (Å²) < 4.78 is 41.0. The van der Waals surface area contributed by atoms with Gasteiger partial charge in [0.1, 0.15) is 11.4 Å². The van der Waals surface area contributed by atoms with E-state index < -0.39 is 17.8 Å². The van der Waals surface area contributed by atoms with Crippen molar-refractivity contribution in [3.8, 4) is 0 Å². The molecule has 8 heteroatoms. The molecule has 4 rings (SSSR count).